The molecule has 0 radical (unpaired) electrons. The molecule has 0 saturated heterocycles. The molecule has 0 fully saturated rings. The number of allylic oxidation sites excluding steroid dienone is 5. The van der Waals surface area contributed by atoms with Crippen LogP contribution in [0.4, 0.5) is 0 Å². The van der Waals surface area contributed by atoms with E-state index in [1.165, 1.54) is 0 Å². The molecule has 1 aliphatic carbocycles. The van der Waals surface area contributed by atoms with Crippen molar-refractivity contribution in [3.05, 3.63) is 64.6 Å². The van der Waals surface area contributed by atoms with Crippen LogP contribution in [0.2, 0.25) is 0 Å². The minimum Gasteiger partial charge on any atom is -0.481 e. The minimum atomic E-state index is -0.646. The second kappa shape index (κ2) is 7.46. The van der Waals surface area contributed by atoms with E-state index in [1.807, 2.05) is 30.3 Å². The van der Waals surface area contributed by atoms with Crippen molar-refractivity contribution < 1.29 is 27.3 Å². The zero-order chi connectivity index (χ0) is 10.4. The maximum atomic E-state index is 8.54. The Kier molecular flexibility index (Phi) is 7.05. The van der Waals surface area contributed by atoms with E-state index in [0.29, 0.717) is 10.1 Å². The van der Waals surface area contributed by atoms with Gasteiger partial charge in [0.1, 0.15) is 0 Å². The molecule has 0 saturated carbocycles. The summed E-state index contributed by atoms with van der Waals surface area (Å²) in [5, 5.41) is 17.1. The van der Waals surface area contributed by atoms with Gasteiger partial charge in [0, 0.05) is 21.6 Å². The minimum absolute atomic E-state index is 0. The molecule has 15 heavy (non-hydrogen) atoms. The van der Waals surface area contributed by atoms with Gasteiger partial charge in [-0.05, 0) is 28.1 Å². The Labute approximate surface area is 108 Å². The van der Waals surface area contributed by atoms with Crippen LogP contribution in [0.25, 0.3) is 0 Å². The van der Waals surface area contributed by atoms with E-state index in [4.69, 9.17) is 10.2 Å². The first-order chi connectivity index (χ1) is 6.72. The Morgan fingerprint density at radius 1 is 1.20 bits per heavy atom. The fraction of sp³-hybridized carbons (Fsp3) is 0. The molecule has 0 amide bonds. The van der Waals surface area contributed by atoms with Crippen LogP contribution in [0.15, 0.2) is 64.6 Å². The molecule has 1 aromatic carbocycles. The summed E-state index contributed by atoms with van der Waals surface area (Å²) in [7, 11) is 0. The summed E-state index contributed by atoms with van der Waals surface area (Å²) >= 11 is 3.13. The predicted octanol–water partition coefficient (Wildman–Crippen LogP) is 3.57. The summed E-state index contributed by atoms with van der Waals surface area (Å²) in [5.74, 6) is -0.646. The van der Waals surface area contributed by atoms with Gasteiger partial charge in [-0.3, -0.25) is 0 Å². The Morgan fingerprint density at radius 3 is 2.00 bits per heavy atom. The first-order valence-corrected chi connectivity index (χ1v) is 4.84. The van der Waals surface area contributed by atoms with Crippen LogP contribution in [-0.2, 0) is 17.1 Å². The molecular formula is C11H10BrFeO2-. The van der Waals surface area contributed by atoms with Crippen LogP contribution in [0, 0.1) is 0 Å². The molecule has 2 N–H and O–H groups in total. The van der Waals surface area contributed by atoms with Crippen molar-refractivity contribution in [2.45, 2.75) is 0 Å². The summed E-state index contributed by atoms with van der Waals surface area (Å²) in [6.45, 7) is 0. The normalized spacial score (nSPS) is 12.3. The second-order valence-electron chi connectivity index (χ2n) is 2.57. The zero-order valence-corrected chi connectivity index (χ0v) is 10.4. The summed E-state index contributed by atoms with van der Waals surface area (Å²) in [6.07, 6.45) is 5.08. The average Bonchev–Trinajstić information content (AvgIpc) is 2.74. The Balaban J connectivity index is 0.000000280. The summed E-state index contributed by atoms with van der Waals surface area (Å²) in [4.78, 5) is 0. The van der Waals surface area contributed by atoms with Gasteiger partial charge in [0.2, 0.25) is 0 Å². The number of hydrogen-bond acceptors (Lipinski definition) is 2. The van der Waals surface area contributed by atoms with Crippen molar-refractivity contribution in [2.24, 2.45) is 0 Å². The SMILES string of the molecule is OC(O)=C1C=CC=C1Br.[Fe].c1cc[cH-]c1. The molecule has 2 rings (SSSR count). The fourth-order valence-corrected chi connectivity index (χ4v) is 1.36. The van der Waals surface area contributed by atoms with Crippen molar-refractivity contribution in [2.75, 3.05) is 0 Å². The molecule has 0 aromatic heterocycles. The zero-order valence-electron chi connectivity index (χ0n) is 7.74. The number of hydrogen-bond donors (Lipinski definition) is 2. The van der Waals surface area contributed by atoms with Crippen molar-refractivity contribution >= 4 is 15.9 Å². The molecule has 82 valence electrons. The number of rotatable bonds is 0. The van der Waals surface area contributed by atoms with Crippen LogP contribution >= 0.6 is 15.9 Å². The third-order valence-corrected chi connectivity index (χ3v) is 2.25. The Hall–Kier alpha value is -0.831. The van der Waals surface area contributed by atoms with Gasteiger partial charge in [0.05, 0.1) is 5.57 Å². The topological polar surface area (TPSA) is 40.5 Å². The predicted molar refractivity (Wildman–Crippen MR) is 60.5 cm³/mol. The molecular weight excluding hydrogens is 300 g/mol. The second-order valence-corrected chi connectivity index (χ2v) is 3.43. The van der Waals surface area contributed by atoms with Gasteiger partial charge < -0.3 is 10.2 Å². The van der Waals surface area contributed by atoms with Gasteiger partial charge in [0.15, 0.2) is 0 Å². The van der Waals surface area contributed by atoms with E-state index < -0.39 is 5.95 Å². The van der Waals surface area contributed by atoms with Crippen LogP contribution < -0.4 is 0 Å². The van der Waals surface area contributed by atoms with E-state index >= 15 is 0 Å². The van der Waals surface area contributed by atoms with Crippen LogP contribution in [0.3, 0.4) is 0 Å². The first-order valence-electron chi connectivity index (χ1n) is 4.05. The van der Waals surface area contributed by atoms with Gasteiger partial charge in [-0.25, -0.2) is 12.1 Å². The number of halogens is 1. The maximum Gasteiger partial charge on any atom is 0.282 e. The van der Waals surface area contributed by atoms with Crippen LogP contribution in [0.5, 0.6) is 0 Å². The fourth-order valence-electron chi connectivity index (χ4n) is 0.900. The molecule has 0 bridgehead atoms. The summed E-state index contributed by atoms with van der Waals surface area (Å²) in [6, 6.07) is 10.0. The van der Waals surface area contributed by atoms with Gasteiger partial charge in [-0.15, -0.1) is 0 Å². The molecule has 0 spiro atoms. The summed E-state index contributed by atoms with van der Waals surface area (Å²) in [5.41, 5.74) is 0.426. The van der Waals surface area contributed by atoms with Crippen LogP contribution in [0.1, 0.15) is 0 Å². The van der Waals surface area contributed by atoms with Crippen molar-refractivity contribution in [3.8, 4) is 0 Å². The van der Waals surface area contributed by atoms with Gasteiger partial charge in [-0.2, -0.15) is 18.2 Å². The van der Waals surface area contributed by atoms with Gasteiger partial charge >= 0.3 is 0 Å². The molecule has 0 aliphatic heterocycles. The van der Waals surface area contributed by atoms with Crippen molar-refractivity contribution in [1.29, 1.82) is 0 Å². The van der Waals surface area contributed by atoms with Crippen molar-refractivity contribution in [1.82, 2.24) is 0 Å². The molecule has 1 aliphatic rings. The standard InChI is InChI=1S/C6H5BrO2.C5H5.Fe/c7-5-3-1-2-4(5)6(8)9;1-2-4-5-3-1;/h1-3,8-9H;1-5H;/q;-1;. The van der Waals surface area contributed by atoms with E-state index in [-0.39, 0.29) is 17.1 Å². The maximum absolute atomic E-state index is 8.54. The third kappa shape index (κ3) is 4.98. The monoisotopic (exact) mass is 309 g/mol. The molecule has 4 heteroatoms. The molecule has 2 nitrogen and oxygen atoms in total. The van der Waals surface area contributed by atoms with Gasteiger partial charge in [-0.1, -0.05) is 6.08 Å². The Morgan fingerprint density at radius 2 is 1.80 bits per heavy atom. The van der Waals surface area contributed by atoms with E-state index in [1.54, 1.807) is 18.2 Å². The largest absolute Gasteiger partial charge is 0.481 e. The smallest absolute Gasteiger partial charge is 0.282 e. The molecule has 0 atom stereocenters. The number of aliphatic hydroxyl groups excluding tert-OH is 1. The number of aliphatic hydroxyl groups is 2. The average molecular weight is 310 g/mol. The molecule has 0 unspecified atom stereocenters. The molecule has 1 aromatic rings. The van der Waals surface area contributed by atoms with E-state index in [2.05, 4.69) is 15.9 Å². The van der Waals surface area contributed by atoms with E-state index in [0.717, 1.165) is 0 Å². The molecule has 0 heterocycles. The first kappa shape index (κ1) is 14.2. The van der Waals surface area contributed by atoms with Crippen LogP contribution in [-0.4, -0.2) is 10.2 Å². The van der Waals surface area contributed by atoms with Crippen molar-refractivity contribution in [3.63, 3.8) is 0 Å². The summed E-state index contributed by atoms with van der Waals surface area (Å²) < 4.78 is 0.697. The van der Waals surface area contributed by atoms with E-state index in [9.17, 15) is 0 Å². The Bertz CT molecular complexity index is 343. The quantitative estimate of drug-likeness (QED) is 0.437. The third-order valence-electron chi connectivity index (χ3n) is 1.56. The van der Waals surface area contributed by atoms with Gasteiger partial charge in [0.25, 0.3) is 5.95 Å².